The van der Waals surface area contributed by atoms with Crippen molar-refractivity contribution in [1.29, 1.82) is 0 Å². The maximum absolute atomic E-state index is 13.1. The van der Waals surface area contributed by atoms with E-state index in [0.717, 1.165) is 18.2 Å². The van der Waals surface area contributed by atoms with E-state index in [-0.39, 0.29) is 35.0 Å². The van der Waals surface area contributed by atoms with Crippen LogP contribution in [0.4, 0.5) is 37.7 Å². The zero-order chi connectivity index (χ0) is 26.9. The Bertz CT molecular complexity index is 1400. The average Bonchev–Trinajstić information content (AvgIpc) is 2.77. The number of alkyl halides is 6. The van der Waals surface area contributed by atoms with E-state index in [4.69, 9.17) is 5.73 Å². The van der Waals surface area contributed by atoms with Crippen molar-refractivity contribution in [3.63, 3.8) is 0 Å². The summed E-state index contributed by atoms with van der Waals surface area (Å²) in [5.74, 6) is -1.57. The minimum Gasteiger partial charge on any atom is -0.366 e. The molecule has 3 rings (SSSR count). The van der Waals surface area contributed by atoms with Gasteiger partial charge in [-0.2, -0.15) is 26.3 Å². The van der Waals surface area contributed by atoms with Crippen molar-refractivity contribution in [2.45, 2.75) is 17.2 Å². The zero-order valence-electron chi connectivity index (χ0n) is 17.7. The van der Waals surface area contributed by atoms with Crippen LogP contribution in [0.2, 0.25) is 0 Å². The molecule has 0 aliphatic heterocycles. The fourth-order valence-electron chi connectivity index (χ4n) is 2.99. The summed E-state index contributed by atoms with van der Waals surface area (Å²) in [6.45, 7) is 0. The van der Waals surface area contributed by atoms with Crippen molar-refractivity contribution in [3.8, 4) is 0 Å². The van der Waals surface area contributed by atoms with Crippen LogP contribution in [0, 0.1) is 0 Å². The van der Waals surface area contributed by atoms with Crippen LogP contribution in [-0.4, -0.2) is 20.2 Å². The summed E-state index contributed by atoms with van der Waals surface area (Å²) in [4.78, 5) is 23.2. The Balaban J connectivity index is 1.91. The maximum atomic E-state index is 13.1. The predicted octanol–water partition coefficient (Wildman–Crippen LogP) is 4.88. The summed E-state index contributed by atoms with van der Waals surface area (Å²) in [7, 11) is -4.71. The highest BCUT2D eigenvalue weighted by Gasteiger charge is 2.37. The molecular weight excluding hydrogens is 516 g/mol. The lowest BCUT2D eigenvalue weighted by molar-refractivity contribution is -0.143. The number of carbonyl (C=O) groups is 2. The van der Waals surface area contributed by atoms with Gasteiger partial charge in [0.1, 0.15) is 0 Å². The molecular formula is C22H15F6N3O4S. The van der Waals surface area contributed by atoms with E-state index < -0.39 is 55.9 Å². The minimum absolute atomic E-state index is 0.0904. The fraction of sp³-hybridized carbons (Fsp3) is 0.0909. The Labute approximate surface area is 200 Å². The molecule has 0 spiro atoms. The predicted molar refractivity (Wildman–Crippen MR) is 117 cm³/mol. The van der Waals surface area contributed by atoms with Crippen LogP contribution in [0.25, 0.3) is 0 Å². The van der Waals surface area contributed by atoms with Gasteiger partial charge in [0.15, 0.2) is 0 Å². The van der Waals surface area contributed by atoms with Gasteiger partial charge in [-0.15, -0.1) is 0 Å². The number of rotatable bonds is 6. The molecule has 0 radical (unpaired) electrons. The monoisotopic (exact) mass is 531 g/mol. The summed E-state index contributed by atoms with van der Waals surface area (Å²) in [5, 5.41) is 2.42. The molecule has 14 heteroatoms. The van der Waals surface area contributed by atoms with Crippen molar-refractivity contribution in [1.82, 2.24) is 0 Å². The number of benzene rings is 3. The SMILES string of the molecule is NC(=O)c1cccc(NC(=O)c2cccc(S(=O)(=O)Nc3cc(C(F)(F)F)cc(C(F)(F)F)c3)c2)c1. The number of anilines is 2. The number of carbonyl (C=O) groups excluding carboxylic acids is 2. The largest absolute Gasteiger partial charge is 0.416 e. The maximum Gasteiger partial charge on any atom is 0.416 e. The molecule has 2 amide bonds. The standard InChI is InChI=1S/C22H15F6N3O4S/c23-21(24,25)14-9-15(22(26,27)28)11-17(10-14)31-36(34,35)18-6-2-4-13(8-18)20(33)30-16-5-1-3-12(7-16)19(29)32/h1-11,31H,(H2,29,32)(H,30,33). The van der Waals surface area contributed by atoms with Crippen molar-refractivity contribution < 1.29 is 44.3 Å². The highest BCUT2D eigenvalue weighted by atomic mass is 32.2. The Morgan fingerprint density at radius 2 is 1.28 bits per heavy atom. The van der Waals surface area contributed by atoms with Crippen LogP contribution in [0.5, 0.6) is 0 Å². The van der Waals surface area contributed by atoms with Gasteiger partial charge in [-0.1, -0.05) is 12.1 Å². The van der Waals surface area contributed by atoms with Crippen molar-refractivity contribution in [3.05, 3.63) is 89.0 Å². The summed E-state index contributed by atoms with van der Waals surface area (Å²) in [6.07, 6.45) is -10.4. The molecule has 0 aliphatic carbocycles. The van der Waals surface area contributed by atoms with Gasteiger partial charge >= 0.3 is 12.4 Å². The molecule has 0 bridgehead atoms. The van der Waals surface area contributed by atoms with Crippen LogP contribution in [0.15, 0.2) is 71.6 Å². The van der Waals surface area contributed by atoms with E-state index in [2.05, 4.69) is 5.32 Å². The Kier molecular flexibility index (Phi) is 7.02. The van der Waals surface area contributed by atoms with E-state index in [1.165, 1.54) is 30.3 Å². The summed E-state index contributed by atoms with van der Waals surface area (Å²) in [6, 6.07) is 10.1. The third-order valence-electron chi connectivity index (χ3n) is 4.65. The molecule has 7 nitrogen and oxygen atoms in total. The van der Waals surface area contributed by atoms with Crippen LogP contribution in [0.1, 0.15) is 31.8 Å². The fourth-order valence-corrected chi connectivity index (χ4v) is 4.07. The molecule has 0 unspecified atom stereocenters. The Morgan fingerprint density at radius 1 is 0.722 bits per heavy atom. The number of hydrogen-bond donors (Lipinski definition) is 3. The second-order valence-electron chi connectivity index (χ2n) is 7.33. The summed E-state index contributed by atoms with van der Waals surface area (Å²) < 4.78 is 106. The van der Waals surface area contributed by atoms with Crippen LogP contribution >= 0.6 is 0 Å². The van der Waals surface area contributed by atoms with Crippen LogP contribution in [0.3, 0.4) is 0 Å². The Hall–Kier alpha value is -4.07. The normalized spacial score (nSPS) is 12.2. The van der Waals surface area contributed by atoms with E-state index >= 15 is 0 Å². The lowest BCUT2D eigenvalue weighted by atomic mass is 10.1. The molecule has 0 heterocycles. The van der Waals surface area contributed by atoms with Gasteiger partial charge in [-0.05, 0) is 54.6 Å². The van der Waals surface area contributed by atoms with E-state index in [0.29, 0.717) is 0 Å². The second-order valence-corrected chi connectivity index (χ2v) is 9.01. The molecule has 0 atom stereocenters. The highest BCUT2D eigenvalue weighted by molar-refractivity contribution is 7.92. The lowest BCUT2D eigenvalue weighted by Gasteiger charge is -2.15. The summed E-state index contributed by atoms with van der Waals surface area (Å²) >= 11 is 0. The smallest absolute Gasteiger partial charge is 0.366 e. The first-order chi connectivity index (χ1) is 16.6. The molecule has 4 N–H and O–H groups in total. The first-order valence-corrected chi connectivity index (χ1v) is 11.2. The number of nitrogens with two attached hydrogens (primary N) is 1. The van der Waals surface area contributed by atoms with Crippen molar-refractivity contribution in [2.24, 2.45) is 5.73 Å². The molecule has 3 aromatic rings. The minimum atomic E-state index is -5.18. The quantitative estimate of drug-likeness (QED) is 0.393. The number of nitrogens with one attached hydrogen (secondary N) is 2. The van der Waals surface area contributed by atoms with Gasteiger partial charge in [0, 0.05) is 16.8 Å². The van der Waals surface area contributed by atoms with E-state index in [9.17, 15) is 44.3 Å². The zero-order valence-corrected chi connectivity index (χ0v) is 18.6. The molecule has 3 aromatic carbocycles. The number of sulfonamides is 1. The van der Waals surface area contributed by atoms with Gasteiger partial charge in [-0.25, -0.2) is 8.42 Å². The van der Waals surface area contributed by atoms with Crippen molar-refractivity contribution in [2.75, 3.05) is 10.0 Å². The third-order valence-corrected chi connectivity index (χ3v) is 6.03. The van der Waals surface area contributed by atoms with Gasteiger partial charge in [0.25, 0.3) is 15.9 Å². The number of amides is 2. The van der Waals surface area contributed by atoms with E-state index in [1.54, 1.807) is 4.72 Å². The van der Waals surface area contributed by atoms with Crippen LogP contribution in [-0.2, 0) is 22.4 Å². The topological polar surface area (TPSA) is 118 Å². The number of hydrogen-bond acceptors (Lipinski definition) is 4. The molecule has 36 heavy (non-hydrogen) atoms. The van der Waals surface area contributed by atoms with Crippen LogP contribution < -0.4 is 15.8 Å². The third kappa shape index (κ3) is 6.33. The van der Waals surface area contributed by atoms with Gasteiger partial charge < -0.3 is 11.1 Å². The summed E-state index contributed by atoms with van der Waals surface area (Å²) in [5.41, 5.74) is 0.824. The average molecular weight is 531 g/mol. The number of halogens is 6. The molecule has 0 aliphatic rings. The van der Waals surface area contributed by atoms with Crippen molar-refractivity contribution >= 4 is 33.2 Å². The molecule has 0 aromatic heterocycles. The second kappa shape index (κ2) is 9.53. The van der Waals surface area contributed by atoms with Gasteiger partial charge in [-0.3, -0.25) is 14.3 Å². The van der Waals surface area contributed by atoms with Gasteiger partial charge in [0.2, 0.25) is 5.91 Å². The molecule has 0 fully saturated rings. The lowest BCUT2D eigenvalue weighted by Crippen LogP contribution is -2.18. The Morgan fingerprint density at radius 3 is 1.83 bits per heavy atom. The first-order valence-electron chi connectivity index (χ1n) is 9.70. The molecule has 0 saturated carbocycles. The highest BCUT2D eigenvalue weighted by Crippen LogP contribution is 2.38. The molecule has 190 valence electrons. The first kappa shape index (κ1) is 26.5. The van der Waals surface area contributed by atoms with Gasteiger partial charge in [0.05, 0.1) is 21.7 Å². The molecule has 0 saturated heterocycles. The number of primary amides is 1. The van der Waals surface area contributed by atoms with E-state index in [1.807, 2.05) is 0 Å².